The molecule has 1 fully saturated rings. The summed E-state index contributed by atoms with van der Waals surface area (Å²) in [7, 11) is 1.62. The largest absolute Gasteiger partial charge is 0.385 e. The summed E-state index contributed by atoms with van der Waals surface area (Å²) >= 11 is 0. The van der Waals surface area contributed by atoms with Crippen molar-refractivity contribution in [3.63, 3.8) is 0 Å². The van der Waals surface area contributed by atoms with Gasteiger partial charge in [0.2, 0.25) is 5.95 Å². The number of nitrogens with zero attached hydrogens (tertiary/aromatic N) is 5. The number of hydrogen-bond donors (Lipinski definition) is 1. The van der Waals surface area contributed by atoms with Gasteiger partial charge in [-0.25, -0.2) is 9.97 Å². The van der Waals surface area contributed by atoms with Crippen LogP contribution in [0.4, 0.5) is 5.95 Å². The second kappa shape index (κ2) is 9.75. The topological polar surface area (TPSA) is 101 Å². The number of ether oxygens (including phenoxy) is 1. The highest BCUT2D eigenvalue weighted by Crippen LogP contribution is 2.13. The van der Waals surface area contributed by atoms with Crippen molar-refractivity contribution in [2.75, 3.05) is 51.3 Å². The molecule has 9 nitrogen and oxygen atoms in total. The Labute approximate surface area is 163 Å². The fourth-order valence-corrected chi connectivity index (χ4v) is 2.94. The van der Waals surface area contributed by atoms with E-state index in [2.05, 4.69) is 25.2 Å². The molecule has 0 spiro atoms. The van der Waals surface area contributed by atoms with Crippen molar-refractivity contribution >= 4 is 17.8 Å². The molecule has 1 aliphatic heterocycles. The van der Waals surface area contributed by atoms with Gasteiger partial charge in [0.1, 0.15) is 5.69 Å². The highest BCUT2D eigenvalue weighted by Gasteiger charge is 2.24. The number of piperazine rings is 1. The molecular formula is C19H24N6O3. The number of carbonyl (C=O) groups is 2. The normalized spacial score (nSPS) is 14.0. The highest BCUT2D eigenvalue weighted by molar-refractivity contribution is 5.98. The highest BCUT2D eigenvalue weighted by atomic mass is 16.5. The first-order valence-corrected chi connectivity index (χ1v) is 9.23. The van der Waals surface area contributed by atoms with Crippen molar-refractivity contribution in [3.05, 3.63) is 48.0 Å². The first-order chi connectivity index (χ1) is 13.7. The second-order valence-electron chi connectivity index (χ2n) is 6.36. The summed E-state index contributed by atoms with van der Waals surface area (Å²) in [6.07, 6.45) is 5.62. The molecule has 2 amide bonds. The first-order valence-electron chi connectivity index (χ1n) is 9.23. The number of pyridine rings is 1. The predicted molar refractivity (Wildman–Crippen MR) is 103 cm³/mol. The summed E-state index contributed by atoms with van der Waals surface area (Å²) < 4.78 is 4.95. The van der Waals surface area contributed by atoms with Crippen LogP contribution in [0, 0.1) is 0 Å². The van der Waals surface area contributed by atoms with Crippen LogP contribution in [0.3, 0.4) is 0 Å². The number of methoxy groups -OCH3 is 1. The van der Waals surface area contributed by atoms with E-state index in [9.17, 15) is 9.59 Å². The van der Waals surface area contributed by atoms with E-state index in [1.54, 1.807) is 42.6 Å². The van der Waals surface area contributed by atoms with Crippen LogP contribution in [0.5, 0.6) is 0 Å². The predicted octanol–water partition coefficient (Wildman–Crippen LogP) is 0.600. The molecule has 2 aromatic heterocycles. The maximum absolute atomic E-state index is 12.8. The van der Waals surface area contributed by atoms with Gasteiger partial charge in [-0.1, -0.05) is 0 Å². The number of nitrogens with one attached hydrogen (secondary N) is 1. The zero-order valence-electron chi connectivity index (χ0n) is 15.9. The molecule has 0 aromatic carbocycles. The average Bonchev–Trinajstić information content (AvgIpc) is 2.77. The van der Waals surface area contributed by atoms with Gasteiger partial charge >= 0.3 is 0 Å². The van der Waals surface area contributed by atoms with Gasteiger partial charge in [-0.2, -0.15) is 0 Å². The van der Waals surface area contributed by atoms with Crippen LogP contribution < -0.4 is 10.2 Å². The standard InChI is InChI=1S/C19H24N6O3/c1-28-13-3-7-21-17(26)16-14-15(4-8-20-16)18(27)24-9-11-25(12-10-24)19-22-5-2-6-23-19/h2,4-6,8,14H,3,7,9-13H2,1H3,(H,21,26). The first kappa shape index (κ1) is 19.7. The Morgan fingerprint density at radius 3 is 2.57 bits per heavy atom. The number of aromatic nitrogens is 3. The van der Waals surface area contributed by atoms with Gasteiger partial charge < -0.3 is 19.9 Å². The quantitative estimate of drug-likeness (QED) is 0.698. The van der Waals surface area contributed by atoms with Crippen molar-refractivity contribution in [1.29, 1.82) is 0 Å². The van der Waals surface area contributed by atoms with Gasteiger partial charge in [0.25, 0.3) is 11.8 Å². The van der Waals surface area contributed by atoms with Crippen LogP contribution in [0.2, 0.25) is 0 Å². The molecule has 28 heavy (non-hydrogen) atoms. The number of carbonyl (C=O) groups excluding carboxylic acids is 2. The van der Waals surface area contributed by atoms with Crippen molar-refractivity contribution in [3.8, 4) is 0 Å². The van der Waals surface area contributed by atoms with E-state index in [1.165, 1.54) is 6.20 Å². The number of amides is 2. The van der Waals surface area contributed by atoms with Crippen molar-refractivity contribution < 1.29 is 14.3 Å². The molecule has 148 valence electrons. The molecule has 0 atom stereocenters. The molecule has 3 heterocycles. The fraction of sp³-hybridized carbons (Fsp3) is 0.421. The molecule has 9 heteroatoms. The third-order valence-electron chi connectivity index (χ3n) is 4.45. The lowest BCUT2D eigenvalue weighted by Crippen LogP contribution is -2.49. The lowest BCUT2D eigenvalue weighted by atomic mass is 10.1. The van der Waals surface area contributed by atoms with Crippen LogP contribution in [0.1, 0.15) is 27.3 Å². The minimum atomic E-state index is -0.295. The van der Waals surface area contributed by atoms with Crippen molar-refractivity contribution in [2.24, 2.45) is 0 Å². The third-order valence-corrected chi connectivity index (χ3v) is 4.45. The molecule has 0 radical (unpaired) electrons. The lowest BCUT2D eigenvalue weighted by Gasteiger charge is -2.34. The molecular weight excluding hydrogens is 360 g/mol. The monoisotopic (exact) mass is 384 g/mol. The minimum Gasteiger partial charge on any atom is -0.385 e. The Balaban J connectivity index is 1.57. The van der Waals surface area contributed by atoms with Gasteiger partial charge in [-0.15, -0.1) is 0 Å². The number of rotatable bonds is 7. The molecule has 2 aromatic rings. The van der Waals surface area contributed by atoms with Gasteiger partial charge in [-0.05, 0) is 24.6 Å². The van der Waals surface area contributed by atoms with Crippen LogP contribution >= 0.6 is 0 Å². The fourth-order valence-electron chi connectivity index (χ4n) is 2.94. The Morgan fingerprint density at radius 2 is 1.86 bits per heavy atom. The van der Waals surface area contributed by atoms with E-state index < -0.39 is 0 Å². The molecule has 1 N–H and O–H groups in total. The van der Waals surface area contributed by atoms with E-state index in [1.807, 2.05) is 0 Å². The second-order valence-corrected chi connectivity index (χ2v) is 6.36. The van der Waals surface area contributed by atoms with E-state index in [0.717, 1.165) is 6.42 Å². The van der Waals surface area contributed by atoms with Crippen molar-refractivity contribution in [2.45, 2.75) is 6.42 Å². The van der Waals surface area contributed by atoms with Crippen LogP contribution in [0.15, 0.2) is 36.8 Å². The molecule has 3 rings (SSSR count). The summed E-state index contributed by atoms with van der Waals surface area (Å²) in [4.78, 5) is 41.4. The SMILES string of the molecule is COCCCNC(=O)c1cc(C(=O)N2CCN(c3ncccn3)CC2)ccn1. The Kier molecular flexibility index (Phi) is 6.85. The van der Waals surface area contributed by atoms with Gasteiger partial charge in [0.05, 0.1) is 0 Å². The number of anilines is 1. The third kappa shape index (κ3) is 5.01. The zero-order valence-corrected chi connectivity index (χ0v) is 15.9. The zero-order chi connectivity index (χ0) is 19.8. The average molecular weight is 384 g/mol. The molecule has 0 unspecified atom stereocenters. The van der Waals surface area contributed by atoms with Crippen LogP contribution in [-0.4, -0.2) is 78.1 Å². The molecule has 1 aliphatic rings. The van der Waals surface area contributed by atoms with E-state index in [-0.39, 0.29) is 17.5 Å². The smallest absolute Gasteiger partial charge is 0.269 e. The Hall–Kier alpha value is -3.07. The molecule has 0 saturated carbocycles. The Bertz CT molecular complexity index is 793. The van der Waals surface area contributed by atoms with Crippen LogP contribution in [-0.2, 0) is 4.74 Å². The summed E-state index contributed by atoms with van der Waals surface area (Å²) in [5.41, 5.74) is 0.695. The summed E-state index contributed by atoms with van der Waals surface area (Å²) in [5.74, 6) is 0.271. The van der Waals surface area contributed by atoms with E-state index >= 15 is 0 Å². The van der Waals surface area contributed by atoms with Crippen molar-refractivity contribution in [1.82, 2.24) is 25.2 Å². The molecule has 0 aliphatic carbocycles. The molecule has 0 bridgehead atoms. The Morgan fingerprint density at radius 1 is 1.11 bits per heavy atom. The summed E-state index contributed by atoms with van der Waals surface area (Å²) in [5, 5.41) is 2.78. The maximum atomic E-state index is 12.8. The van der Waals surface area contributed by atoms with Gasteiger partial charge in [-0.3, -0.25) is 14.6 Å². The maximum Gasteiger partial charge on any atom is 0.269 e. The summed E-state index contributed by atoms with van der Waals surface area (Å²) in [6.45, 7) is 3.53. The minimum absolute atomic E-state index is 0.107. The van der Waals surface area contributed by atoms with Gasteiger partial charge in [0, 0.05) is 70.6 Å². The lowest BCUT2D eigenvalue weighted by molar-refractivity contribution is 0.0746. The number of hydrogen-bond acceptors (Lipinski definition) is 7. The van der Waals surface area contributed by atoms with Crippen LogP contribution in [0.25, 0.3) is 0 Å². The van der Waals surface area contributed by atoms with Gasteiger partial charge in [0.15, 0.2) is 0 Å². The summed E-state index contributed by atoms with van der Waals surface area (Å²) in [6, 6.07) is 4.95. The van der Waals surface area contributed by atoms with E-state index in [4.69, 9.17) is 4.74 Å². The molecule has 1 saturated heterocycles. The van der Waals surface area contributed by atoms with E-state index in [0.29, 0.717) is 50.8 Å².